The standard InChI is InChI=1S/C17H13N3O3S/c1-11-16(13-6-8-15(9-7-13)24(19,21)22)17(20-23-11)14-4-2-12(10-18)3-5-14/h2-9H,1H3,(H2,19,21,22). The van der Waals surface area contributed by atoms with Gasteiger partial charge in [-0.05, 0) is 36.8 Å². The third-order valence-corrected chi connectivity index (χ3v) is 4.55. The van der Waals surface area contributed by atoms with Gasteiger partial charge in [0.05, 0.1) is 22.1 Å². The van der Waals surface area contributed by atoms with Crippen molar-refractivity contribution in [1.29, 1.82) is 5.26 Å². The van der Waals surface area contributed by atoms with Crippen LogP contribution in [0.5, 0.6) is 0 Å². The highest BCUT2D eigenvalue weighted by Gasteiger charge is 2.17. The number of nitriles is 1. The number of aryl methyl sites for hydroxylation is 1. The average Bonchev–Trinajstić information content (AvgIpc) is 2.96. The van der Waals surface area contributed by atoms with Crippen molar-refractivity contribution in [3.63, 3.8) is 0 Å². The van der Waals surface area contributed by atoms with Gasteiger partial charge in [0, 0.05) is 5.56 Å². The monoisotopic (exact) mass is 339 g/mol. The van der Waals surface area contributed by atoms with Crippen LogP contribution in [-0.4, -0.2) is 13.6 Å². The first kappa shape index (κ1) is 15.9. The number of aromatic nitrogens is 1. The first-order chi connectivity index (χ1) is 11.4. The molecule has 0 saturated carbocycles. The Bertz CT molecular complexity index is 1030. The highest BCUT2D eigenvalue weighted by Crippen LogP contribution is 2.34. The van der Waals surface area contributed by atoms with Gasteiger partial charge >= 0.3 is 0 Å². The van der Waals surface area contributed by atoms with Crippen LogP contribution in [0.4, 0.5) is 0 Å². The van der Waals surface area contributed by atoms with Crippen molar-refractivity contribution in [2.75, 3.05) is 0 Å². The van der Waals surface area contributed by atoms with Crippen molar-refractivity contribution in [2.45, 2.75) is 11.8 Å². The molecular weight excluding hydrogens is 326 g/mol. The van der Waals surface area contributed by atoms with E-state index in [1.165, 1.54) is 12.1 Å². The number of sulfonamides is 1. The van der Waals surface area contributed by atoms with Crippen molar-refractivity contribution in [2.24, 2.45) is 5.14 Å². The Kier molecular flexibility index (Phi) is 3.93. The Morgan fingerprint density at radius 1 is 1.04 bits per heavy atom. The maximum Gasteiger partial charge on any atom is 0.238 e. The van der Waals surface area contributed by atoms with Crippen molar-refractivity contribution < 1.29 is 12.9 Å². The van der Waals surface area contributed by atoms with Crippen LogP contribution < -0.4 is 5.14 Å². The lowest BCUT2D eigenvalue weighted by atomic mass is 9.99. The SMILES string of the molecule is Cc1onc(-c2ccc(C#N)cc2)c1-c1ccc(S(N)(=O)=O)cc1. The zero-order valence-corrected chi connectivity index (χ0v) is 13.5. The smallest absolute Gasteiger partial charge is 0.238 e. The molecule has 0 fully saturated rings. The molecule has 0 amide bonds. The molecule has 0 aliphatic carbocycles. The van der Waals surface area contributed by atoms with Gasteiger partial charge in [0.15, 0.2) is 0 Å². The van der Waals surface area contributed by atoms with E-state index < -0.39 is 10.0 Å². The molecule has 7 heteroatoms. The summed E-state index contributed by atoms with van der Waals surface area (Å²) in [6.07, 6.45) is 0. The zero-order valence-electron chi connectivity index (χ0n) is 12.7. The van der Waals surface area contributed by atoms with E-state index in [4.69, 9.17) is 14.9 Å². The van der Waals surface area contributed by atoms with Crippen LogP contribution in [0.15, 0.2) is 57.9 Å². The van der Waals surface area contributed by atoms with Crippen LogP contribution in [-0.2, 0) is 10.0 Å². The van der Waals surface area contributed by atoms with Crippen LogP contribution >= 0.6 is 0 Å². The van der Waals surface area contributed by atoms with Crippen molar-refractivity contribution in [3.8, 4) is 28.5 Å². The maximum absolute atomic E-state index is 11.4. The number of nitrogens with zero attached hydrogens (tertiary/aromatic N) is 2. The highest BCUT2D eigenvalue weighted by molar-refractivity contribution is 7.89. The highest BCUT2D eigenvalue weighted by atomic mass is 32.2. The predicted octanol–water partition coefficient (Wildman–Crippen LogP) is 2.84. The van der Waals surface area contributed by atoms with Gasteiger partial charge in [-0.2, -0.15) is 5.26 Å². The molecule has 1 heterocycles. The molecule has 0 bridgehead atoms. The molecule has 2 N–H and O–H groups in total. The molecular formula is C17H13N3O3S. The lowest BCUT2D eigenvalue weighted by Crippen LogP contribution is -2.11. The minimum Gasteiger partial charge on any atom is -0.360 e. The molecule has 0 aliphatic heterocycles. The van der Waals surface area contributed by atoms with Gasteiger partial charge in [0.1, 0.15) is 11.5 Å². The van der Waals surface area contributed by atoms with E-state index in [0.29, 0.717) is 17.0 Å². The van der Waals surface area contributed by atoms with Crippen molar-refractivity contribution >= 4 is 10.0 Å². The molecule has 0 aliphatic rings. The van der Waals surface area contributed by atoms with Gasteiger partial charge in [-0.1, -0.05) is 29.4 Å². The molecule has 6 nitrogen and oxygen atoms in total. The Balaban J connectivity index is 2.09. The molecule has 1 aromatic heterocycles. The number of hydrogen-bond donors (Lipinski definition) is 1. The van der Waals surface area contributed by atoms with Gasteiger partial charge in [-0.25, -0.2) is 13.6 Å². The van der Waals surface area contributed by atoms with E-state index in [9.17, 15) is 8.42 Å². The fraction of sp³-hybridized carbons (Fsp3) is 0.0588. The molecule has 2 aromatic carbocycles. The van der Waals surface area contributed by atoms with Crippen molar-refractivity contribution in [3.05, 3.63) is 59.9 Å². The summed E-state index contributed by atoms with van der Waals surface area (Å²) in [5.74, 6) is 0.609. The van der Waals surface area contributed by atoms with E-state index in [1.807, 2.05) is 0 Å². The molecule has 0 spiro atoms. The summed E-state index contributed by atoms with van der Waals surface area (Å²) in [7, 11) is -3.74. The number of primary sulfonamides is 1. The normalized spacial score (nSPS) is 11.2. The number of hydrogen-bond acceptors (Lipinski definition) is 5. The number of benzene rings is 2. The van der Waals surface area contributed by atoms with Gasteiger partial charge in [-0.3, -0.25) is 0 Å². The lowest BCUT2D eigenvalue weighted by molar-refractivity contribution is 0.400. The summed E-state index contributed by atoms with van der Waals surface area (Å²) < 4.78 is 28.0. The van der Waals surface area contributed by atoms with Crippen LogP contribution in [0.1, 0.15) is 11.3 Å². The molecule has 0 radical (unpaired) electrons. The van der Waals surface area contributed by atoms with E-state index in [1.54, 1.807) is 43.3 Å². The number of nitrogens with two attached hydrogens (primary N) is 1. The third kappa shape index (κ3) is 2.93. The van der Waals surface area contributed by atoms with E-state index in [-0.39, 0.29) is 4.90 Å². The molecule has 3 aromatic rings. The minimum absolute atomic E-state index is 0.0419. The second-order valence-electron chi connectivity index (χ2n) is 5.22. The fourth-order valence-corrected chi connectivity index (χ4v) is 2.94. The predicted molar refractivity (Wildman–Crippen MR) is 88.2 cm³/mol. The Labute approximate surface area is 139 Å². The van der Waals surface area contributed by atoms with E-state index in [2.05, 4.69) is 11.2 Å². The first-order valence-corrected chi connectivity index (χ1v) is 8.55. The van der Waals surface area contributed by atoms with Crippen LogP contribution in [0.25, 0.3) is 22.4 Å². The molecule has 0 atom stereocenters. The first-order valence-electron chi connectivity index (χ1n) is 7.00. The summed E-state index contributed by atoms with van der Waals surface area (Å²) in [5, 5.41) is 18.1. The van der Waals surface area contributed by atoms with Gasteiger partial charge < -0.3 is 4.52 Å². The van der Waals surface area contributed by atoms with Crippen molar-refractivity contribution in [1.82, 2.24) is 5.16 Å². The molecule has 0 saturated heterocycles. The second-order valence-corrected chi connectivity index (χ2v) is 6.78. The summed E-state index contributed by atoms with van der Waals surface area (Å²) >= 11 is 0. The summed E-state index contributed by atoms with van der Waals surface area (Å²) in [5.41, 5.74) is 3.51. The Morgan fingerprint density at radius 2 is 1.62 bits per heavy atom. The van der Waals surface area contributed by atoms with Crippen LogP contribution in [0.2, 0.25) is 0 Å². The van der Waals surface area contributed by atoms with E-state index >= 15 is 0 Å². The van der Waals surface area contributed by atoms with Gasteiger partial charge in [0.2, 0.25) is 10.0 Å². The van der Waals surface area contributed by atoms with Crippen LogP contribution in [0, 0.1) is 18.3 Å². The van der Waals surface area contributed by atoms with Gasteiger partial charge in [-0.15, -0.1) is 0 Å². The zero-order chi connectivity index (χ0) is 17.3. The molecule has 0 unspecified atom stereocenters. The third-order valence-electron chi connectivity index (χ3n) is 3.62. The fourth-order valence-electron chi connectivity index (χ4n) is 2.42. The Morgan fingerprint density at radius 3 is 2.17 bits per heavy atom. The topological polar surface area (TPSA) is 110 Å². The maximum atomic E-state index is 11.4. The lowest BCUT2D eigenvalue weighted by Gasteiger charge is -2.05. The average molecular weight is 339 g/mol. The molecule has 3 rings (SSSR count). The Hall–Kier alpha value is -2.95. The summed E-state index contributed by atoms with van der Waals surface area (Å²) in [6, 6.07) is 15.3. The van der Waals surface area contributed by atoms with Gasteiger partial charge in [0.25, 0.3) is 0 Å². The van der Waals surface area contributed by atoms with E-state index in [0.717, 1.165) is 16.7 Å². The van der Waals surface area contributed by atoms with Crippen LogP contribution in [0.3, 0.4) is 0 Å². The number of rotatable bonds is 3. The largest absolute Gasteiger partial charge is 0.360 e. The summed E-state index contributed by atoms with van der Waals surface area (Å²) in [4.78, 5) is 0.0419. The second kappa shape index (κ2) is 5.92. The molecule has 120 valence electrons. The quantitative estimate of drug-likeness (QED) is 0.789. The molecule has 24 heavy (non-hydrogen) atoms. The minimum atomic E-state index is -3.74. The summed E-state index contributed by atoms with van der Waals surface area (Å²) in [6.45, 7) is 1.78.